The number of rotatable bonds is 4. The molecule has 0 aliphatic rings. The van der Waals surface area contributed by atoms with Crippen molar-refractivity contribution in [2.45, 2.75) is 12.3 Å². The molecule has 3 nitrogen and oxygen atoms in total. The highest BCUT2D eigenvalue weighted by atomic mass is 16.3. The van der Waals surface area contributed by atoms with E-state index in [2.05, 4.69) is 37.3 Å². The Morgan fingerprint density at radius 1 is 0.613 bits per heavy atom. The van der Waals surface area contributed by atoms with Gasteiger partial charge in [0.25, 0.3) is 0 Å². The summed E-state index contributed by atoms with van der Waals surface area (Å²) in [6, 6.07) is 33.0. The molecule has 0 amide bonds. The van der Waals surface area contributed by atoms with Crippen molar-refractivity contribution in [2.75, 3.05) is 0 Å². The summed E-state index contributed by atoms with van der Waals surface area (Å²) in [5, 5.41) is 20.6. The average Bonchev–Trinajstić information content (AvgIpc) is 3.24. The van der Waals surface area contributed by atoms with Crippen molar-refractivity contribution in [1.29, 1.82) is 0 Å². The minimum atomic E-state index is -0.464. The van der Waals surface area contributed by atoms with Gasteiger partial charge >= 0.3 is 0 Å². The molecule has 0 unspecified atom stereocenters. The van der Waals surface area contributed by atoms with Crippen LogP contribution in [-0.2, 0) is 5.41 Å². The van der Waals surface area contributed by atoms with Crippen LogP contribution >= 0.6 is 0 Å². The summed E-state index contributed by atoms with van der Waals surface area (Å²) < 4.78 is 6.02. The first-order valence-electron chi connectivity index (χ1n) is 10.2. The Hall–Kier alpha value is -3.98. The third-order valence-electron chi connectivity index (χ3n) is 6.06. The van der Waals surface area contributed by atoms with Crippen molar-refractivity contribution in [2.24, 2.45) is 0 Å². The zero-order chi connectivity index (χ0) is 21.4. The highest BCUT2D eigenvalue weighted by Gasteiger charge is 2.31. The van der Waals surface area contributed by atoms with Crippen LogP contribution in [-0.4, -0.2) is 10.2 Å². The summed E-state index contributed by atoms with van der Waals surface area (Å²) in [5.41, 5.74) is 4.62. The molecule has 0 saturated heterocycles. The van der Waals surface area contributed by atoms with E-state index in [1.165, 1.54) is 0 Å². The summed E-state index contributed by atoms with van der Waals surface area (Å²) in [6.07, 6.45) is 0. The SMILES string of the molecule is CC(c1ccc(O)cc1)(c1ccc(O)cc1)c1ccc(-c2cc3ccccc3o2)cc1. The fourth-order valence-corrected chi connectivity index (χ4v) is 4.18. The molecule has 152 valence electrons. The van der Waals surface area contributed by atoms with Gasteiger partial charge in [-0.3, -0.25) is 0 Å². The van der Waals surface area contributed by atoms with E-state index in [1.807, 2.05) is 48.5 Å². The van der Waals surface area contributed by atoms with Gasteiger partial charge in [-0.2, -0.15) is 0 Å². The van der Waals surface area contributed by atoms with Crippen LogP contribution < -0.4 is 0 Å². The number of hydrogen-bond acceptors (Lipinski definition) is 3. The Bertz CT molecular complexity index is 1250. The zero-order valence-electron chi connectivity index (χ0n) is 17.1. The van der Waals surface area contributed by atoms with Gasteiger partial charge in [0.05, 0.1) is 0 Å². The number of phenolic OH excluding ortho intramolecular Hbond substituents is 2. The lowest BCUT2D eigenvalue weighted by molar-refractivity contribution is 0.474. The lowest BCUT2D eigenvalue weighted by Gasteiger charge is -2.32. The molecule has 2 N–H and O–H groups in total. The number of aromatic hydroxyl groups is 2. The Morgan fingerprint density at radius 3 is 1.61 bits per heavy atom. The maximum absolute atomic E-state index is 9.78. The Labute approximate surface area is 180 Å². The van der Waals surface area contributed by atoms with E-state index < -0.39 is 5.41 Å². The van der Waals surface area contributed by atoms with Gasteiger partial charge in [0.15, 0.2) is 0 Å². The number of para-hydroxylation sites is 1. The summed E-state index contributed by atoms with van der Waals surface area (Å²) in [5.74, 6) is 1.30. The van der Waals surface area contributed by atoms with Gasteiger partial charge in [-0.15, -0.1) is 0 Å². The fraction of sp³-hybridized carbons (Fsp3) is 0.0714. The second-order valence-corrected chi connectivity index (χ2v) is 7.94. The molecule has 1 heterocycles. The maximum atomic E-state index is 9.78. The van der Waals surface area contributed by atoms with Crippen molar-refractivity contribution in [3.8, 4) is 22.8 Å². The van der Waals surface area contributed by atoms with Crippen LogP contribution in [0.25, 0.3) is 22.3 Å². The summed E-state index contributed by atoms with van der Waals surface area (Å²) in [7, 11) is 0. The molecule has 3 heteroatoms. The smallest absolute Gasteiger partial charge is 0.135 e. The molecule has 0 radical (unpaired) electrons. The van der Waals surface area contributed by atoms with Crippen molar-refractivity contribution in [1.82, 2.24) is 0 Å². The molecule has 1 aromatic heterocycles. The molecular weight excluding hydrogens is 384 g/mol. The molecule has 0 aliphatic carbocycles. The molecule has 0 fully saturated rings. The van der Waals surface area contributed by atoms with Gasteiger partial charge < -0.3 is 14.6 Å². The minimum absolute atomic E-state index is 0.233. The minimum Gasteiger partial charge on any atom is -0.508 e. The summed E-state index contributed by atoms with van der Waals surface area (Å²) in [4.78, 5) is 0. The standard InChI is InChI=1S/C28H22O3/c1-28(22-10-14-24(29)15-11-22,23-12-16-25(30)17-13-23)21-8-6-19(7-9-21)27-18-20-4-2-3-5-26(20)31-27/h2-18,29-30H,1H3. The van der Waals surface area contributed by atoms with Gasteiger partial charge in [0, 0.05) is 16.4 Å². The van der Waals surface area contributed by atoms with Crippen LogP contribution in [0.4, 0.5) is 0 Å². The molecule has 0 bridgehead atoms. The van der Waals surface area contributed by atoms with E-state index >= 15 is 0 Å². The molecule has 5 aromatic rings. The van der Waals surface area contributed by atoms with E-state index in [9.17, 15) is 10.2 Å². The molecule has 5 rings (SSSR count). The Kier molecular flexibility index (Phi) is 4.52. The predicted octanol–water partition coefficient (Wildman–Crippen LogP) is 6.87. The van der Waals surface area contributed by atoms with Crippen molar-refractivity contribution in [3.05, 3.63) is 120 Å². The Morgan fingerprint density at radius 2 is 1.10 bits per heavy atom. The van der Waals surface area contributed by atoms with Crippen molar-refractivity contribution < 1.29 is 14.6 Å². The largest absolute Gasteiger partial charge is 0.508 e. The van der Waals surface area contributed by atoms with E-state index in [-0.39, 0.29) is 11.5 Å². The third-order valence-corrected chi connectivity index (χ3v) is 6.06. The fourth-order valence-electron chi connectivity index (χ4n) is 4.18. The van der Waals surface area contributed by atoms with E-state index in [0.29, 0.717) is 0 Å². The number of fused-ring (bicyclic) bond motifs is 1. The van der Waals surface area contributed by atoms with Crippen LogP contribution in [0.5, 0.6) is 11.5 Å². The lowest BCUT2D eigenvalue weighted by Crippen LogP contribution is -2.25. The molecule has 0 atom stereocenters. The zero-order valence-corrected chi connectivity index (χ0v) is 17.1. The lowest BCUT2D eigenvalue weighted by atomic mass is 9.71. The summed E-state index contributed by atoms with van der Waals surface area (Å²) >= 11 is 0. The van der Waals surface area contributed by atoms with Crippen LogP contribution in [0, 0.1) is 0 Å². The summed E-state index contributed by atoms with van der Waals surface area (Å²) in [6.45, 7) is 2.15. The maximum Gasteiger partial charge on any atom is 0.135 e. The van der Waals surface area contributed by atoms with Crippen LogP contribution in [0.3, 0.4) is 0 Å². The first-order valence-corrected chi connectivity index (χ1v) is 10.2. The van der Waals surface area contributed by atoms with Gasteiger partial charge in [-0.25, -0.2) is 0 Å². The highest BCUT2D eigenvalue weighted by molar-refractivity contribution is 5.82. The monoisotopic (exact) mass is 406 g/mol. The molecule has 0 spiro atoms. The molecular formula is C28H22O3. The number of phenols is 2. The average molecular weight is 406 g/mol. The normalized spacial score (nSPS) is 11.6. The molecule has 4 aromatic carbocycles. The Balaban J connectivity index is 1.60. The van der Waals surface area contributed by atoms with Crippen molar-refractivity contribution in [3.63, 3.8) is 0 Å². The predicted molar refractivity (Wildman–Crippen MR) is 123 cm³/mol. The number of hydrogen-bond donors (Lipinski definition) is 2. The van der Waals surface area contributed by atoms with E-state index in [4.69, 9.17) is 4.42 Å². The second kappa shape index (κ2) is 7.37. The van der Waals surface area contributed by atoms with E-state index in [0.717, 1.165) is 39.0 Å². The van der Waals surface area contributed by atoms with Crippen LogP contribution in [0.2, 0.25) is 0 Å². The topological polar surface area (TPSA) is 53.6 Å². The first kappa shape index (κ1) is 19.0. The molecule has 0 saturated carbocycles. The third kappa shape index (κ3) is 3.34. The van der Waals surface area contributed by atoms with Crippen LogP contribution in [0.1, 0.15) is 23.6 Å². The van der Waals surface area contributed by atoms with Gasteiger partial charge in [-0.1, -0.05) is 66.7 Å². The molecule has 31 heavy (non-hydrogen) atoms. The van der Waals surface area contributed by atoms with E-state index in [1.54, 1.807) is 24.3 Å². The second-order valence-electron chi connectivity index (χ2n) is 7.94. The van der Waals surface area contributed by atoms with Crippen LogP contribution in [0.15, 0.2) is 108 Å². The van der Waals surface area contributed by atoms with Gasteiger partial charge in [0.2, 0.25) is 0 Å². The first-order chi connectivity index (χ1) is 15.0. The van der Waals surface area contributed by atoms with Gasteiger partial charge in [-0.05, 0) is 60.0 Å². The molecule has 0 aliphatic heterocycles. The van der Waals surface area contributed by atoms with Crippen molar-refractivity contribution >= 4 is 11.0 Å². The number of furan rings is 1. The number of benzene rings is 4. The van der Waals surface area contributed by atoms with Gasteiger partial charge in [0.1, 0.15) is 22.8 Å². The highest BCUT2D eigenvalue weighted by Crippen LogP contribution is 2.40. The quantitative estimate of drug-likeness (QED) is 0.320.